The van der Waals surface area contributed by atoms with Crippen LogP contribution >= 0.6 is 0 Å². The van der Waals surface area contributed by atoms with Gasteiger partial charge in [-0.05, 0) is 44.9 Å². The molecule has 4 rings (SSSR count). The first-order valence-corrected chi connectivity index (χ1v) is 10.8. The van der Waals surface area contributed by atoms with Crippen LogP contribution in [0.4, 0.5) is 4.39 Å². The lowest BCUT2D eigenvalue weighted by molar-refractivity contribution is -0.139. The summed E-state index contributed by atoms with van der Waals surface area (Å²) in [7, 11) is 0. The molecule has 7 heteroatoms. The number of carbonyl (C=O) groups is 2. The molecule has 2 N–H and O–H groups in total. The average molecular weight is 393 g/mol. The van der Waals surface area contributed by atoms with Gasteiger partial charge in [-0.1, -0.05) is 19.8 Å². The largest absolute Gasteiger partial charge is 0.356 e. The predicted octanol–water partition coefficient (Wildman–Crippen LogP) is 2.44. The number of alkyl halides is 1. The van der Waals surface area contributed by atoms with Gasteiger partial charge in [-0.25, -0.2) is 4.39 Å². The van der Waals surface area contributed by atoms with Crippen LogP contribution in [0.2, 0.25) is 0 Å². The van der Waals surface area contributed by atoms with E-state index in [1.807, 2.05) is 6.07 Å². The first-order chi connectivity index (χ1) is 13.4. The van der Waals surface area contributed by atoms with Crippen LogP contribution in [0.25, 0.3) is 0 Å². The van der Waals surface area contributed by atoms with Crippen molar-refractivity contribution in [3.8, 4) is 6.07 Å². The molecule has 4 aliphatic rings. The van der Waals surface area contributed by atoms with Crippen LogP contribution in [-0.4, -0.2) is 54.1 Å². The zero-order valence-corrected chi connectivity index (χ0v) is 16.9. The van der Waals surface area contributed by atoms with E-state index in [0.717, 1.165) is 64.3 Å². The maximum absolute atomic E-state index is 13.6. The number of unbranched alkanes of at least 4 members (excludes halogenated alkanes) is 2. The monoisotopic (exact) mass is 392 g/mol. The normalized spacial score (nSPS) is 34.2. The Hall–Kier alpha value is -1.68. The molecule has 0 aromatic carbocycles. The van der Waals surface area contributed by atoms with E-state index in [2.05, 4.69) is 17.6 Å². The van der Waals surface area contributed by atoms with E-state index in [1.54, 1.807) is 0 Å². The number of rotatable bonds is 8. The zero-order valence-electron chi connectivity index (χ0n) is 16.9. The maximum atomic E-state index is 13.6. The fraction of sp³-hybridized carbons (Fsp3) is 0.857. The fourth-order valence-electron chi connectivity index (χ4n) is 5.10. The first-order valence-electron chi connectivity index (χ1n) is 10.8. The molecule has 2 atom stereocenters. The number of halogens is 1. The number of fused-ring (bicyclic) bond motifs is 3. The van der Waals surface area contributed by atoms with E-state index >= 15 is 0 Å². The Morgan fingerprint density at radius 2 is 1.86 bits per heavy atom. The molecule has 3 aliphatic carbocycles. The van der Waals surface area contributed by atoms with Crippen molar-refractivity contribution in [1.29, 1.82) is 5.26 Å². The molecule has 0 aromatic rings. The summed E-state index contributed by atoms with van der Waals surface area (Å²) in [6, 6.07) is 1.38. The SMILES string of the molecule is CCCCCNC(=O)C12CCC(NCC(=O)N3CC(F)CC3C#N)(CC1)CC2. The molecule has 3 saturated carbocycles. The third-order valence-corrected chi connectivity index (χ3v) is 7.13. The van der Waals surface area contributed by atoms with Crippen molar-refractivity contribution in [2.24, 2.45) is 5.41 Å². The minimum Gasteiger partial charge on any atom is -0.356 e. The number of carbonyl (C=O) groups excluding carboxylic acids is 2. The first kappa shape index (κ1) is 21.0. The summed E-state index contributed by atoms with van der Waals surface area (Å²) < 4.78 is 13.6. The second-order valence-electron chi connectivity index (χ2n) is 8.90. The van der Waals surface area contributed by atoms with E-state index in [4.69, 9.17) is 5.26 Å². The molecular formula is C21H33FN4O2. The lowest BCUT2D eigenvalue weighted by Gasteiger charge is -2.53. The smallest absolute Gasteiger partial charge is 0.237 e. The third-order valence-electron chi connectivity index (χ3n) is 7.13. The Kier molecular flexibility index (Phi) is 6.59. The molecule has 0 aromatic heterocycles. The lowest BCUT2D eigenvalue weighted by Crippen LogP contribution is -2.60. The number of likely N-dealkylation sites (tertiary alicyclic amines) is 1. The molecule has 2 unspecified atom stereocenters. The molecular weight excluding hydrogens is 359 g/mol. The van der Waals surface area contributed by atoms with Crippen molar-refractivity contribution in [3.63, 3.8) is 0 Å². The quantitative estimate of drug-likeness (QED) is 0.622. The third kappa shape index (κ3) is 4.32. The Labute approximate surface area is 167 Å². The number of hydrogen-bond donors (Lipinski definition) is 2. The number of nitriles is 1. The fourth-order valence-corrected chi connectivity index (χ4v) is 5.10. The van der Waals surface area contributed by atoms with E-state index in [0.29, 0.717) is 0 Å². The summed E-state index contributed by atoms with van der Waals surface area (Å²) in [4.78, 5) is 26.6. The topological polar surface area (TPSA) is 85.2 Å². The molecule has 0 spiro atoms. The molecule has 156 valence electrons. The highest BCUT2D eigenvalue weighted by Crippen LogP contribution is 2.52. The van der Waals surface area contributed by atoms with Crippen LogP contribution in [0.5, 0.6) is 0 Å². The molecule has 2 bridgehead atoms. The highest BCUT2D eigenvalue weighted by Gasteiger charge is 2.52. The van der Waals surface area contributed by atoms with Gasteiger partial charge in [0, 0.05) is 23.9 Å². The summed E-state index contributed by atoms with van der Waals surface area (Å²) in [6.45, 7) is 3.08. The van der Waals surface area contributed by atoms with Gasteiger partial charge in [-0.3, -0.25) is 9.59 Å². The molecule has 6 nitrogen and oxygen atoms in total. The van der Waals surface area contributed by atoms with Crippen molar-refractivity contribution >= 4 is 11.8 Å². The van der Waals surface area contributed by atoms with Crippen LogP contribution in [-0.2, 0) is 9.59 Å². The Balaban J connectivity index is 1.48. The minimum atomic E-state index is -1.10. The van der Waals surface area contributed by atoms with Gasteiger partial charge in [0.05, 0.1) is 19.2 Å². The van der Waals surface area contributed by atoms with E-state index in [-0.39, 0.29) is 42.3 Å². The molecule has 2 amide bonds. The standard InChI is InChI=1S/C21H33FN4O2/c1-2-3-4-11-24-19(28)20-5-8-21(9-6-20,10-7-20)25-14-18(27)26-15-16(22)12-17(26)13-23/h16-17,25H,2-12,14-15H2,1H3,(H,24,28). The zero-order chi connectivity index (χ0) is 20.2. The van der Waals surface area contributed by atoms with Gasteiger partial charge in [0.15, 0.2) is 0 Å². The van der Waals surface area contributed by atoms with Gasteiger partial charge in [0.2, 0.25) is 11.8 Å². The highest BCUT2D eigenvalue weighted by atomic mass is 19.1. The summed E-state index contributed by atoms with van der Waals surface area (Å²) in [5.41, 5.74) is -0.334. The van der Waals surface area contributed by atoms with Gasteiger partial charge in [-0.15, -0.1) is 0 Å². The second-order valence-corrected chi connectivity index (χ2v) is 8.90. The Bertz CT molecular complexity index is 608. The van der Waals surface area contributed by atoms with Crippen molar-refractivity contribution in [2.45, 2.75) is 88.9 Å². The highest BCUT2D eigenvalue weighted by molar-refractivity contribution is 5.83. The van der Waals surface area contributed by atoms with Gasteiger partial charge in [-0.2, -0.15) is 5.26 Å². The predicted molar refractivity (Wildman–Crippen MR) is 104 cm³/mol. The number of nitrogens with one attached hydrogen (secondary N) is 2. The van der Waals surface area contributed by atoms with Crippen molar-refractivity contribution in [1.82, 2.24) is 15.5 Å². The Morgan fingerprint density at radius 3 is 2.46 bits per heavy atom. The van der Waals surface area contributed by atoms with Crippen molar-refractivity contribution < 1.29 is 14.0 Å². The van der Waals surface area contributed by atoms with Crippen LogP contribution in [0.1, 0.15) is 71.1 Å². The van der Waals surface area contributed by atoms with E-state index < -0.39 is 12.2 Å². The van der Waals surface area contributed by atoms with Gasteiger partial charge < -0.3 is 15.5 Å². The molecule has 1 saturated heterocycles. The Morgan fingerprint density at radius 1 is 1.18 bits per heavy atom. The van der Waals surface area contributed by atoms with Gasteiger partial charge in [0.1, 0.15) is 12.2 Å². The van der Waals surface area contributed by atoms with E-state index in [9.17, 15) is 14.0 Å². The summed E-state index contributed by atoms with van der Waals surface area (Å²) >= 11 is 0. The van der Waals surface area contributed by atoms with Crippen LogP contribution in [0, 0.1) is 16.7 Å². The van der Waals surface area contributed by atoms with E-state index in [1.165, 1.54) is 4.90 Å². The number of nitrogens with zero attached hydrogens (tertiary/aromatic N) is 2. The molecule has 1 aliphatic heterocycles. The van der Waals surface area contributed by atoms with Crippen LogP contribution in [0.3, 0.4) is 0 Å². The van der Waals surface area contributed by atoms with Crippen molar-refractivity contribution in [3.05, 3.63) is 0 Å². The number of hydrogen-bond acceptors (Lipinski definition) is 4. The summed E-state index contributed by atoms with van der Waals surface area (Å²) in [5, 5.41) is 15.7. The molecule has 28 heavy (non-hydrogen) atoms. The van der Waals surface area contributed by atoms with Crippen LogP contribution in [0.15, 0.2) is 0 Å². The molecule has 1 heterocycles. The second kappa shape index (κ2) is 8.77. The molecule has 4 fully saturated rings. The number of amides is 2. The summed E-state index contributed by atoms with van der Waals surface area (Å²) in [5.74, 6) is 0.00745. The molecule has 0 radical (unpaired) electrons. The summed E-state index contributed by atoms with van der Waals surface area (Å²) in [6.07, 6.45) is 7.54. The average Bonchev–Trinajstić information content (AvgIpc) is 3.11. The lowest BCUT2D eigenvalue weighted by atomic mass is 9.57. The van der Waals surface area contributed by atoms with Crippen molar-refractivity contribution in [2.75, 3.05) is 19.6 Å². The van der Waals surface area contributed by atoms with Gasteiger partial charge in [0.25, 0.3) is 0 Å². The maximum Gasteiger partial charge on any atom is 0.237 e. The van der Waals surface area contributed by atoms with Crippen LogP contribution < -0.4 is 10.6 Å². The van der Waals surface area contributed by atoms with Gasteiger partial charge >= 0.3 is 0 Å². The minimum absolute atomic E-state index is 0.0209.